The topological polar surface area (TPSA) is 110 Å². The average molecular weight is 482 g/mol. The Hall–Kier alpha value is -3.00. The van der Waals surface area contributed by atoms with Gasteiger partial charge in [0.15, 0.2) is 9.84 Å². The number of morpholine rings is 1. The Labute approximate surface area is 198 Å². The lowest BCUT2D eigenvalue weighted by atomic mass is 9.94. The summed E-state index contributed by atoms with van der Waals surface area (Å²) in [6, 6.07) is 11.5. The molecule has 3 aromatic rings. The van der Waals surface area contributed by atoms with E-state index in [-0.39, 0.29) is 6.04 Å². The molecule has 2 aliphatic heterocycles. The van der Waals surface area contributed by atoms with Crippen LogP contribution in [0.15, 0.2) is 36.5 Å². The van der Waals surface area contributed by atoms with Crippen LogP contribution in [0.1, 0.15) is 31.0 Å². The molecule has 9 nitrogen and oxygen atoms in total. The molecule has 2 saturated heterocycles. The van der Waals surface area contributed by atoms with E-state index < -0.39 is 14.6 Å². The van der Waals surface area contributed by atoms with Crippen LogP contribution in [0, 0.1) is 11.3 Å². The van der Waals surface area contributed by atoms with Crippen molar-refractivity contribution in [3.8, 4) is 12.0 Å². The molecule has 10 heteroatoms. The maximum atomic E-state index is 13.2. The van der Waals surface area contributed by atoms with E-state index in [2.05, 4.69) is 17.9 Å². The summed E-state index contributed by atoms with van der Waals surface area (Å²) in [7, 11) is -3.51. The first-order valence-electron chi connectivity index (χ1n) is 11.4. The van der Waals surface area contributed by atoms with Gasteiger partial charge in [0, 0.05) is 43.7 Å². The third kappa shape index (κ3) is 3.83. The highest BCUT2D eigenvalue weighted by Gasteiger charge is 2.46. The van der Waals surface area contributed by atoms with Crippen molar-refractivity contribution in [3.05, 3.63) is 47.8 Å². The number of hydrogen-bond donors (Lipinski definition) is 0. The molecule has 0 bridgehead atoms. The van der Waals surface area contributed by atoms with Crippen LogP contribution in [-0.2, 0) is 24.1 Å². The predicted molar refractivity (Wildman–Crippen MR) is 128 cm³/mol. The molecule has 2 fully saturated rings. The van der Waals surface area contributed by atoms with E-state index in [9.17, 15) is 13.7 Å². The molecule has 4 heterocycles. The smallest absolute Gasteiger partial charge is 0.236 e. The van der Waals surface area contributed by atoms with Crippen LogP contribution in [0.4, 0.5) is 5.82 Å². The van der Waals surface area contributed by atoms with Gasteiger partial charge in [-0.05, 0) is 38.0 Å². The van der Waals surface area contributed by atoms with Crippen LogP contribution < -0.4 is 4.90 Å². The van der Waals surface area contributed by atoms with Crippen molar-refractivity contribution in [2.24, 2.45) is 0 Å². The molecular weight excluding hydrogens is 454 g/mol. The maximum Gasteiger partial charge on any atom is 0.236 e. The van der Waals surface area contributed by atoms with E-state index in [4.69, 9.17) is 19.4 Å². The fourth-order valence-corrected chi connectivity index (χ4v) is 6.26. The molecule has 2 aliphatic rings. The van der Waals surface area contributed by atoms with Crippen molar-refractivity contribution >= 4 is 26.6 Å². The zero-order chi connectivity index (χ0) is 23.9. The minimum Gasteiger partial charge on any atom is -0.381 e. The fourth-order valence-electron chi connectivity index (χ4n) is 4.87. The Morgan fingerprint density at radius 3 is 2.62 bits per heavy atom. The second-order valence-corrected chi connectivity index (χ2v) is 11.3. The highest BCUT2D eigenvalue weighted by molar-refractivity contribution is 7.91. The number of fused-ring (bicyclic) bond motifs is 1. The summed E-state index contributed by atoms with van der Waals surface area (Å²) in [5.74, 6) is 1.05. The third-order valence-corrected chi connectivity index (χ3v) is 8.91. The number of hydrogen-bond acceptors (Lipinski definition) is 8. The molecule has 0 saturated carbocycles. The van der Waals surface area contributed by atoms with Gasteiger partial charge in [-0.15, -0.1) is 0 Å². The van der Waals surface area contributed by atoms with Crippen LogP contribution in [0.3, 0.4) is 0 Å². The van der Waals surface area contributed by atoms with Gasteiger partial charge in [-0.25, -0.2) is 13.4 Å². The Balaban J connectivity index is 1.74. The van der Waals surface area contributed by atoms with E-state index in [0.717, 1.165) is 10.9 Å². The first-order valence-corrected chi connectivity index (χ1v) is 13.2. The molecule has 0 radical (unpaired) electrons. The normalized spacial score (nSPS) is 20.9. The first-order chi connectivity index (χ1) is 16.3. The molecule has 1 aromatic carbocycles. The van der Waals surface area contributed by atoms with Gasteiger partial charge in [0.2, 0.25) is 5.95 Å². The zero-order valence-corrected chi connectivity index (χ0v) is 20.1. The van der Waals surface area contributed by atoms with Crippen molar-refractivity contribution in [2.75, 3.05) is 44.1 Å². The summed E-state index contributed by atoms with van der Waals surface area (Å²) in [5.41, 5.74) is 1.80. The molecule has 0 aliphatic carbocycles. The molecule has 0 unspecified atom stereocenters. The van der Waals surface area contributed by atoms with Gasteiger partial charge in [0.05, 0.1) is 42.1 Å². The Kier molecular flexibility index (Phi) is 5.80. The molecule has 0 spiro atoms. The fraction of sp³-hybridized carbons (Fsp3) is 0.458. The molecule has 0 amide bonds. The summed E-state index contributed by atoms with van der Waals surface area (Å²) >= 11 is 0. The van der Waals surface area contributed by atoms with Gasteiger partial charge in [-0.3, -0.25) is 4.57 Å². The summed E-state index contributed by atoms with van der Waals surface area (Å²) in [4.78, 5) is 11.9. The number of sulfone groups is 1. The van der Waals surface area contributed by atoms with Gasteiger partial charge in [-0.1, -0.05) is 6.07 Å². The second kappa shape index (κ2) is 8.65. The summed E-state index contributed by atoms with van der Waals surface area (Å²) < 4.78 is 38.1. The van der Waals surface area contributed by atoms with Crippen LogP contribution >= 0.6 is 0 Å². The zero-order valence-electron chi connectivity index (χ0n) is 19.3. The Bertz CT molecular complexity index is 1370. The average Bonchev–Trinajstić information content (AvgIpc) is 3.27. The highest BCUT2D eigenvalue weighted by Crippen LogP contribution is 2.40. The second-order valence-electron chi connectivity index (χ2n) is 8.98. The van der Waals surface area contributed by atoms with Gasteiger partial charge < -0.3 is 14.4 Å². The monoisotopic (exact) mass is 481 g/mol. The lowest BCUT2D eigenvalue weighted by Gasteiger charge is -2.37. The number of nitrogens with zero attached hydrogens (tertiary/aromatic N) is 5. The van der Waals surface area contributed by atoms with E-state index in [1.807, 2.05) is 29.0 Å². The maximum absolute atomic E-state index is 13.2. The Morgan fingerprint density at radius 1 is 1.12 bits per heavy atom. The number of ether oxygens (including phenoxy) is 2. The molecule has 2 aromatic heterocycles. The summed E-state index contributed by atoms with van der Waals surface area (Å²) in [6.07, 6.45) is 3.81. The highest BCUT2D eigenvalue weighted by atomic mass is 32.2. The van der Waals surface area contributed by atoms with E-state index >= 15 is 0 Å². The molecule has 1 atom stereocenters. The minimum atomic E-state index is -3.51. The third-order valence-electron chi connectivity index (χ3n) is 6.88. The van der Waals surface area contributed by atoms with Crippen LogP contribution in [0.5, 0.6) is 0 Å². The molecule has 5 rings (SSSR count). The standard InChI is InChI=1S/C24H27N5O4S/c1-17-16-33-12-9-28(17)22-14-21(24(34(2,30)31)6-10-32-11-7-24)26-23(27-22)29-8-5-19-4-3-18(15-25)13-20(19)29/h3-5,8,13-14,17H,6-7,9-12,16H2,1-2H3/t17-/m1/s1. The van der Waals surface area contributed by atoms with E-state index in [1.165, 1.54) is 6.26 Å². The number of benzene rings is 1. The van der Waals surface area contributed by atoms with Gasteiger partial charge in [-0.2, -0.15) is 10.2 Å². The van der Waals surface area contributed by atoms with Crippen molar-refractivity contribution in [2.45, 2.75) is 30.6 Å². The summed E-state index contributed by atoms with van der Waals surface area (Å²) in [6.45, 7) is 4.56. The van der Waals surface area contributed by atoms with Crippen molar-refractivity contribution in [3.63, 3.8) is 0 Å². The lowest BCUT2D eigenvalue weighted by Crippen LogP contribution is -2.45. The van der Waals surface area contributed by atoms with E-state index in [1.54, 1.807) is 12.1 Å². The first kappa shape index (κ1) is 22.8. The van der Waals surface area contributed by atoms with Crippen LogP contribution in [-0.4, -0.2) is 68.2 Å². The molecule has 0 N–H and O–H groups in total. The summed E-state index contributed by atoms with van der Waals surface area (Å²) in [5, 5.41) is 10.3. The lowest BCUT2D eigenvalue weighted by molar-refractivity contribution is 0.0731. The molecule has 34 heavy (non-hydrogen) atoms. The van der Waals surface area contributed by atoms with E-state index in [0.29, 0.717) is 68.8 Å². The number of nitriles is 1. The molecule has 178 valence electrons. The van der Waals surface area contributed by atoms with Gasteiger partial charge in [0.25, 0.3) is 0 Å². The van der Waals surface area contributed by atoms with Crippen LogP contribution in [0.25, 0.3) is 16.9 Å². The Morgan fingerprint density at radius 2 is 1.91 bits per heavy atom. The van der Waals surface area contributed by atoms with Crippen molar-refractivity contribution < 1.29 is 17.9 Å². The number of anilines is 1. The van der Waals surface area contributed by atoms with Crippen molar-refractivity contribution in [1.29, 1.82) is 5.26 Å². The predicted octanol–water partition coefficient (Wildman–Crippen LogP) is 2.57. The van der Waals surface area contributed by atoms with Crippen molar-refractivity contribution in [1.82, 2.24) is 14.5 Å². The minimum absolute atomic E-state index is 0.0832. The SMILES string of the molecule is C[C@@H]1COCCN1c1cc(C2(S(C)(=O)=O)CCOCC2)nc(-n2ccc3ccc(C#N)cc32)n1. The van der Waals surface area contributed by atoms with Gasteiger partial charge in [0.1, 0.15) is 10.6 Å². The molecular formula is C24H27N5O4S. The van der Waals surface area contributed by atoms with Crippen LogP contribution in [0.2, 0.25) is 0 Å². The number of rotatable bonds is 4. The largest absolute Gasteiger partial charge is 0.381 e. The van der Waals surface area contributed by atoms with Gasteiger partial charge >= 0.3 is 0 Å². The number of aromatic nitrogens is 3. The quantitative estimate of drug-likeness (QED) is 0.559.